The first-order valence-corrected chi connectivity index (χ1v) is 9.02. The molecule has 0 saturated carbocycles. The fourth-order valence-corrected chi connectivity index (χ4v) is 3.87. The van der Waals surface area contributed by atoms with Gasteiger partial charge in [-0.25, -0.2) is 18.1 Å². The Balaban J connectivity index is 2.46. The van der Waals surface area contributed by atoms with E-state index in [1.807, 2.05) is 0 Å². The van der Waals surface area contributed by atoms with E-state index in [0.717, 1.165) is 4.57 Å². The Bertz CT molecular complexity index is 969. The largest absolute Gasteiger partial charge is 0.325 e. The SMILES string of the molecule is CC(=O)Nc1cc(C)c(S(=O)(=O)Nc2nccc(=O)n2C)cc1Br. The summed E-state index contributed by atoms with van der Waals surface area (Å²) in [6.07, 6.45) is 1.23. The second-order valence-electron chi connectivity index (χ2n) is 5.05. The van der Waals surface area contributed by atoms with Crippen LogP contribution in [-0.4, -0.2) is 23.9 Å². The maximum atomic E-state index is 12.6. The van der Waals surface area contributed by atoms with Crippen molar-refractivity contribution in [1.29, 1.82) is 0 Å². The van der Waals surface area contributed by atoms with E-state index in [2.05, 4.69) is 31.0 Å². The summed E-state index contributed by atoms with van der Waals surface area (Å²) >= 11 is 3.24. The molecule has 0 aliphatic carbocycles. The van der Waals surface area contributed by atoms with Gasteiger partial charge in [0.05, 0.1) is 10.6 Å². The van der Waals surface area contributed by atoms with E-state index in [0.29, 0.717) is 15.7 Å². The minimum atomic E-state index is -3.97. The van der Waals surface area contributed by atoms with Crippen molar-refractivity contribution in [1.82, 2.24) is 9.55 Å². The molecule has 0 saturated heterocycles. The van der Waals surface area contributed by atoms with Gasteiger partial charge in [-0.3, -0.25) is 14.2 Å². The van der Waals surface area contributed by atoms with Gasteiger partial charge in [0.15, 0.2) is 0 Å². The average molecular weight is 415 g/mol. The summed E-state index contributed by atoms with van der Waals surface area (Å²) in [5.74, 6) is -0.365. The van der Waals surface area contributed by atoms with Crippen LogP contribution < -0.4 is 15.6 Å². The van der Waals surface area contributed by atoms with Crippen molar-refractivity contribution in [2.45, 2.75) is 18.7 Å². The summed E-state index contributed by atoms with van der Waals surface area (Å²) in [7, 11) is -2.55. The summed E-state index contributed by atoms with van der Waals surface area (Å²) in [5.41, 5.74) is 0.501. The third-order valence-electron chi connectivity index (χ3n) is 3.15. The van der Waals surface area contributed by atoms with Crippen LogP contribution in [-0.2, 0) is 21.9 Å². The van der Waals surface area contributed by atoms with E-state index in [1.54, 1.807) is 6.92 Å². The number of aryl methyl sites for hydroxylation is 1. The highest BCUT2D eigenvalue weighted by Crippen LogP contribution is 2.29. The Labute approximate surface area is 147 Å². The number of nitrogens with zero attached hydrogens (tertiary/aromatic N) is 2. The van der Waals surface area contributed by atoms with E-state index in [4.69, 9.17) is 0 Å². The van der Waals surface area contributed by atoms with E-state index < -0.39 is 10.0 Å². The number of sulfonamides is 1. The molecule has 0 aliphatic rings. The van der Waals surface area contributed by atoms with Gasteiger partial charge in [-0.15, -0.1) is 0 Å². The van der Waals surface area contributed by atoms with Gasteiger partial charge >= 0.3 is 0 Å². The fourth-order valence-electron chi connectivity index (χ4n) is 1.98. The summed E-state index contributed by atoms with van der Waals surface area (Å²) in [6.45, 7) is 2.96. The van der Waals surface area contributed by atoms with Gasteiger partial charge in [0.1, 0.15) is 0 Å². The summed E-state index contributed by atoms with van der Waals surface area (Å²) in [6, 6.07) is 4.14. The lowest BCUT2D eigenvalue weighted by molar-refractivity contribution is -0.114. The van der Waals surface area contributed by atoms with Gasteiger partial charge in [0.25, 0.3) is 15.6 Å². The van der Waals surface area contributed by atoms with Crippen molar-refractivity contribution in [3.63, 3.8) is 0 Å². The van der Waals surface area contributed by atoms with E-state index in [1.165, 1.54) is 38.4 Å². The molecule has 10 heteroatoms. The van der Waals surface area contributed by atoms with Gasteiger partial charge in [-0.1, -0.05) is 0 Å². The van der Waals surface area contributed by atoms with Gasteiger partial charge in [-0.2, -0.15) is 0 Å². The smallest absolute Gasteiger partial charge is 0.264 e. The summed E-state index contributed by atoms with van der Waals surface area (Å²) in [4.78, 5) is 26.6. The van der Waals surface area contributed by atoms with E-state index >= 15 is 0 Å². The molecule has 0 aliphatic heterocycles. The first-order chi connectivity index (χ1) is 11.1. The molecule has 1 heterocycles. The Hall–Kier alpha value is -2.20. The topological polar surface area (TPSA) is 110 Å². The van der Waals surface area contributed by atoms with Crippen molar-refractivity contribution in [2.24, 2.45) is 7.05 Å². The van der Waals surface area contributed by atoms with E-state index in [-0.39, 0.29) is 22.3 Å². The maximum Gasteiger partial charge on any atom is 0.264 e. The Morgan fingerprint density at radius 1 is 1.33 bits per heavy atom. The van der Waals surface area contributed by atoms with Crippen LogP contribution in [0.5, 0.6) is 0 Å². The molecular formula is C14H15BrN4O4S. The van der Waals surface area contributed by atoms with Crippen LogP contribution in [0.15, 0.2) is 38.6 Å². The molecule has 0 atom stereocenters. The fraction of sp³-hybridized carbons (Fsp3) is 0.214. The molecule has 1 amide bonds. The van der Waals surface area contributed by atoms with E-state index in [9.17, 15) is 18.0 Å². The maximum absolute atomic E-state index is 12.6. The van der Waals surface area contributed by atoms with Gasteiger partial charge < -0.3 is 5.32 Å². The lowest BCUT2D eigenvalue weighted by Crippen LogP contribution is -2.24. The molecule has 8 nitrogen and oxygen atoms in total. The number of carbonyl (C=O) groups is 1. The van der Waals surface area contributed by atoms with Crippen LogP contribution >= 0.6 is 15.9 Å². The molecule has 0 spiro atoms. The minimum Gasteiger partial charge on any atom is -0.325 e. The van der Waals surface area contributed by atoms with Crippen molar-refractivity contribution in [3.8, 4) is 0 Å². The van der Waals surface area contributed by atoms with Crippen molar-refractivity contribution < 1.29 is 13.2 Å². The number of anilines is 2. The number of carbonyl (C=O) groups excluding carboxylic acids is 1. The lowest BCUT2D eigenvalue weighted by atomic mass is 10.2. The minimum absolute atomic E-state index is 0.00146. The zero-order valence-electron chi connectivity index (χ0n) is 13.1. The highest BCUT2D eigenvalue weighted by atomic mass is 79.9. The molecule has 0 bridgehead atoms. The normalized spacial score (nSPS) is 11.2. The Morgan fingerprint density at radius 3 is 2.62 bits per heavy atom. The highest BCUT2D eigenvalue weighted by molar-refractivity contribution is 9.10. The monoisotopic (exact) mass is 414 g/mol. The molecule has 0 radical (unpaired) electrons. The second-order valence-corrected chi connectivity index (χ2v) is 7.56. The van der Waals surface area contributed by atoms with Crippen molar-refractivity contribution in [2.75, 3.05) is 10.0 Å². The molecule has 1 aromatic carbocycles. The first-order valence-electron chi connectivity index (χ1n) is 6.74. The number of benzene rings is 1. The molecule has 128 valence electrons. The van der Waals surface area contributed by atoms with Gasteiger partial charge in [0, 0.05) is 30.7 Å². The Kier molecular flexibility index (Phi) is 5.09. The zero-order valence-corrected chi connectivity index (χ0v) is 15.5. The molecule has 0 unspecified atom stereocenters. The van der Waals surface area contributed by atoms with Crippen LogP contribution in [0.3, 0.4) is 0 Å². The molecule has 1 aromatic heterocycles. The number of nitrogens with one attached hydrogen (secondary N) is 2. The van der Waals surface area contributed by atoms with Gasteiger partial charge in [-0.05, 0) is 40.5 Å². The number of halogens is 1. The van der Waals surface area contributed by atoms with Gasteiger partial charge in [0.2, 0.25) is 11.9 Å². The molecular weight excluding hydrogens is 400 g/mol. The quantitative estimate of drug-likeness (QED) is 0.789. The standard InChI is InChI=1S/C14H15BrN4O4S/c1-8-6-11(17-9(2)20)10(15)7-12(8)24(22,23)18-14-16-5-4-13(21)19(14)3/h4-7H,1-3H3,(H,16,18)(H,17,20). The summed E-state index contributed by atoms with van der Waals surface area (Å²) < 4.78 is 29.0. The number of hydrogen-bond donors (Lipinski definition) is 2. The van der Waals surface area contributed by atoms with Crippen molar-refractivity contribution in [3.05, 3.63) is 44.8 Å². The number of rotatable bonds is 4. The number of aromatic nitrogens is 2. The summed E-state index contributed by atoms with van der Waals surface area (Å²) in [5, 5.41) is 2.60. The second kappa shape index (κ2) is 6.73. The number of hydrogen-bond acceptors (Lipinski definition) is 5. The molecule has 2 rings (SSSR count). The third-order valence-corrected chi connectivity index (χ3v) is 5.28. The molecule has 2 N–H and O–H groups in total. The zero-order chi connectivity index (χ0) is 18.1. The van der Waals surface area contributed by atoms with Crippen LogP contribution in [0.4, 0.5) is 11.6 Å². The molecule has 24 heavy (non-hydrogen) atoms. The third kappa shape index (κ3) is 3.82. The molecule has 2 aromatic rings. The number of amides is 1. The predicted molar refractivity (Wildman–Crippen MR) is 93.5 cm³/mol. The van der Waals surface area contributed by atoms with Crippen LogP contribution in [0, 0.1) is 6.92 Å². The van der Waals surface area contributed by atoms with Crippen LogP contribution in [0.1, 0.15) is 12.5 Å². The Morgan fingerprint density at radius 2 is 2.00 bits per heavy atom. The first kappa shape index (κ1) is 18.1. The lowest BCUT2D eigenvalue weighted by Gasteiger charge is -2.14. The van der Waals surface area contributed by atoms with Crippen molar-refractivity contribution >= 4 is 43.5 Å². The predicted octanol–water partition coefficient (Wildman–Crippen LogP) is 1.61. The van der Waals surface area contributed by atoms with Crippen LogP contribution in [0.2, 0.25) is 0 Å². The molecule has 0 fully saturated rings. The highest BCUT2D eigenvalue weighted by Gasteiger charge is 2.21. The average Bonchev–Trinajstić information content (AvgIpc) is 2.46. The van der Waals surface area contributed by atoms with Crippen LogP contribution in [0.25, 0.3) is 0 Å².